The van der Waals surface area contributed by atoms with Crippen LogP contribution >= 0.6 is 11.3 Å². The van der Waals surface area contributed by atoms with Gasteiger partial charge in [0.05, 0.1) is 6.04 Å². The second-order valence-corrected chi connectivity index (χ2v) is 8.30. The number of rotatable bonds is 6. The highest BCUT2D eigenvalue weighted by atomic mass is 32.1. The third-order valence-corrected chi connectivity index (χ3v) is 6.27. The van der Waals surface area contributed by atoms with Crippen LogP contribution in [0.4, 0.5) is 4.79 Å². The lowest BCUT2D eigenvalue weighted by atomic mass is 9.98. The van der Waals surface area contributed by atoms with E-state index in [-0.39, 0.29) is 25.2 Å². The van der Waals surface area contributed by atoms with Crippen LogP contribution in [-0.2, 0) is 4.74 Å². The number of nitrogens with one attached hydrogen (secondary N) is 1. The highest BCUT2D eigenvalue weighted by Gasteiger charge is 2.29. The molecule has 1 aliphatic carbocycles. The van der Waals surface area contributed by atoms with Crippen molar-refractivity contribution in [1.82, 2.24) is 5.32 Å². The molecule has 0 spiro atoms. The number of aryl methyl sites for hydroxylation is 1. The fourth-order valence-electron chi connectivity index (χ4n) is 3.84. The van der Waals surface area contributed by atoms with Gasteiger partial charge in [0.1, 0.15) is 6.61 Å². The molecule has 2 N–H and O–H groups in total. The molecular weight excluding hydrogens is 370 g/mol. The zero-order chi connectivity index (χ0) is 19.5. The van der Waals surface area contributed by atoms with E-state index in [0.717, 1.165) is 4.88 Å². The van der Waals surface area contributed by atoms with Crippen molar-refractivity contribution in [3.8, 4) is 11.1 Å². The Balaban J connectivity index is 1.46. The van der Waals surface area contributed by atoms with Crippen molar-refractivity contribution in [2.75, 3.05) is 13.2 Å². The smallest absolute Gasteiger partial charge is 0.407 e. The van der Waals surface area contributed by atoms with Gasteiger partial charge < -0.3 is 15.2 Å². The third kappa shape index (κ3) is 3.68. The second-order valence-electron chi connectivity index (χ2n) is 6.98. The molecular formula is C23H23NO3S. The number of carbonyl (C=O) groups excluding carboxylic acids is 1. The quantitative estimate of drug-likeness (QED) is 0.618. The Morgan fingerprint density at radius 2 is 1.71 bits per heavy atom. The average molecular weight is 394 g/mol. The Hall–Kier alpha value is -2.63. The van der Waals surface area contributed by atoms with Crippen LogP contribution in [0.1, 0.15) is 39.3 Å². The molecule has 1 atom stereocenters. The first-order valence-electron chi connectivity index (χ1n) is 9.46. The van der Waals surface area contributed by atoms with Gasteiger partial charge in [-0.1, -0.05) is 48.5 Å². The summed E-state index contributed by atoms with van der Waals surface area (Å²) >= 11 is 1.62. The van der Waals surface area contributed by atoms with Crippen LogP contribution in [0.25, 0.3) is 11.1 Å². The van der Waals surface area contributed by atoms with Crippen LogP contribution in [0.2, 0.25) is 0 Å². The minimum Gasteiger partial charge on any atom is -0.449 e. The van der Waals surface area contributed by atoms with Crippen molar-refractivity contribution in [2.24, 2.45) is 0 Å². The van der Waals surface area contributed by atoms with Gasteiger partial charge in [-0.2, -0.15) is 0 Å². The molecule has 5 heteroatoms. The molecule has 28 heavy (non-hydrogen) atoms. The number of ether oxygens (including phenoxy) is 1. The summed E-state index contributed by atoms with van der Waals surface area (Å²) < 4.78 is 5.62. The molecule has 144 valence electrons. The molecule has 1 amide bonds. The third-order valence-electron chi connectivity index (χ3n) is 5.16. The lowest BCUT2D eigenvalue weighted by molar-refractivity contribution is 0.137. The summed E-state index contributed by atoms with van der Waals surface area (Å²) in [6.45, 7) is 2.32. The first-order valence-corrected chi connectivity index (χ1v) is 10.3. The van der Waals surface area contributed by atoms with Crippen molar-refractivity contribution in [3.63, 3.8) is 0 Å². The van der Waals surface area contributed by atoms with E-state index in [9.17, 15) is 9.90 Å². The Morgan fingerprint density at radius 3 is 2.29 bits per heavy atom. The second kappa shape index (κ2) is 8.17. The van der Waals surface area contributed by atoms with E-state index in [2.05, 4.69) is 29.6 Å². The summed E-state index contributed by atoms with van der Waals surface area (Å²) in [4.78, 5) is 14.7. The van der Waals surface area contributed by atoms with E-state index in [1.807, 2.05) is 43.3 Å². The molecule has 0 saturated carbocycles. The van der Waals surface area contributed by atoms with Gasteiger partial charge >= 0.3 is 6.09 Å². The van der Waals surface area contributed by atoms with Gasteiger partial charge in [0.2, 0.25) is 0 Å². The van der Waals surface area contributed by atoms with Gasteiger partial charge in [-0.25, -0.2) is 4.79 Å². The Bertz CT molecular complexity index is 936. The summed E-state index contributed by atoms with van der Waals surface area (Å²) in [5.41, 5.74) is 4.80. The molecule has 0 radical (unpaired) electrons. The normalized spacial score (nSPS) is 13.6. The highest BCUT2D eigenvalue weighted by molar-refractivity contribution is 7.12. The Labute approximate surface area is 168 Å². The van der Waals surface area contributed by atoms with E-state index >= 15 is 0 Å². The standard InChI is InChI=1S/C23H23NO3S/c1-15-10-11-22(28-15)21(12-13-25)24-23(26)27-14-20-18-8-4-2-6-16(18)17-7-3-5-9-19(17)20/h2-11,20-21,25H,12-14H2,1H3,(H,24,26)/t21-/m1/s1. The Morgan fingerprint density at radius 1 is 1.07 bits per heavy atom. The molecule has 0 aliphatic heterocycles. The van der Waals surface area contributed by atoms with Gasteiger partial charge in [-0.15, -0.1) is 11.3 Å². The van der Waals surface area contributed by atoms with Gasteiger partial charge in [0, 0.05) is 22.3 Å². The van der Waals surface area contributed by atoms with Crippen LogP contribution in [0.15, 0.2) is 60.7 Å². The number of hydrogen-bond donors (Lipinski definition) is 2. The summed E-state index contributed by atoms with van der Waals surface area (Å²) in [6, 6.07) is 20.3. The van der Waals surface area contributed by atoms with Crippen molar-refractivity contribution < 1.29 is 14.6 Å². The van der Waals surface area contributed by atoms with E-state index in [1.165, 1.54) is 27.1 Å². The summed E-state index contributed by atoms with van der Waals surface area (Å²) in [7, 11) is 0. The summed E-state index contributed by atoms with van der Waals surface area (Å²) in [5.74, 6) is 0.0402. The maximum Gasteiger partial charge on any atom is 0.407 e. The molecule has 2 aromatic carbocycles. The van der Waals surface area contributed by atoms with Crippen LogP contribution < -0.4 is 5.32 Å². The largest absolute Gasteiger partial charge is 0.449 e. The maximum atomic E-state index is 12.5. The number of carbonyl (C=O) groups is 1. The van der Waals surface area contributed by atoms with Crippen molar-refractivity contribution in [1.29, 1.82) is 0 Å². The molecule has 4 nitrogen and oxygen atoms in total. The lowest BCUT2D eigenvalue weighted by Crippen LogP contribution is -2.30. The molecule has 0 fully saturated rings. The number of hydrogen-bond acceptors (Lipinski definition) is 4. The first kappa shape index (κ1) is 18.7. The number of thiophene rings is 1. The van der Waals surface area contributed by atoms with Crippen LogP contribution in [0.3, 0.4) is 0 Å². The van der Waals surface area contributed by atoms with Crippen LogP contribution in [0.5, 0.6) is 0 Å². The summed E-state index contributed by atoms with van der Waals surface area (Å²) in [6.07, 6.45) is 0.0100. The monoisotopic (exact) mass is 393 g/mol. The van der Waals surface area contributed by atoms with Crippen molar-refractivity contribution in [3.05, 3.63) is 81.5 Å². The topological polar surface area (TPSA) is 58.6 Å². The van der Waals surface area contributed by atoms with Crippen molar-refractivity contribution in [2.45, 2.75) is 25.3 Å². The highest BCUT2D eigenvalue weighted by Crippen LogP contribution is 2.44. The fourth-order valence-corrected chi connectivity index (χ4v) is 4.80. The fraction of sp³-hybridized carbons (Fsp3) is 0.261. The van der Waals surface area contributed by atoms with E-state index in [0.29, 0.717) is 6.42 Å². The zero-order valence-corrected chi connectivity index (χ0v) is 16.5. The van der Waals surface area contributed by atoms with Gasteiger partial charge in [0.25, 0.3) is 0 Å². The molecule has 1 aromatic heterocycles. The molecule has 0 unspecified atom stereocenters. The average Bonchev–Trinajstić information content (AvgIpc) is 3.28. The minimum absolute atomic E-state index is 0.00523. The SMILES string of the molecule is Cc1ccc([C@@H](CCO)NC(=O)OCC2c3ccccc3-c3ccccc32)s1. The van der Waals surface area contributed by atoms with E-state index < -0.39 is 6.09 Å². The van der Waals surface area contributed by atoms with Gasteiger partial charge in [-0.05, 0) is 47.7 Å². The lowest BCUT2D eigenvalue weighted by Gasteiger charge is -2.18. The van der Waals surface area contributed by atoms with Crippen LogP contribution in [-0.4, -0.2) is 24.4 Å². The number of aliphatic hydroxyl groups is 1. The molecule has 3 aromatic rings. The molecule has 0 bridgehead atoms. The van der Waals surface area contributed by atoms with Gasteiger partial charge in [-0.3, -0.25) is 0 Å². The number of fused-ring (bicyclic) bond motifs is 3. The van der Waals surface area contributed by atoms with E-state index in [4.69, 9.17) is 4.74 Å². The maximum absolute atomic E-state index is 12.5. The number of alkyl carbamates (subject to hydrolysis) is 1. The Kier molecular flexibility index (Phi) is 5.46. The first-order chi connectivity index (χ1) is 13.7. The number of amides is 1. The predicted octanol–water partition coefficient (Wildman–Crippen LogP) is 5.02. The van der Waals surface area contributed by atoms with Gasteiger partial charge in [0.15, 0.2) is 0 Å². The molecule has 1 aliphatic rings. The number of aliphatic hydroxyl groups excluding tert-OH is 1. The van der Waals surface area contributed by atoms with E-state index in [1.54, 1.807) is 11.3 Å². The molecule has 0 saturated heterocycles. The van der Waals surface area contributed by atoms with Crippen molar-refractivity contribution >= 4 is 17.4 Å². The zero-order valence-electron chi connectivity index (χ0n) is 15.7. The molecule has 1 heterocycles. The minimum atomic E-state index is -0.452. The number of benzene rings is 2. The summed E-state index contributed by atoms with van der Waals surface area (Å²) in [5, 5.41) is 12.3. The van der Waals surface area contributed by atoms with Crippen LogP contribution in [0, 0.1) is 6.92 Å². The predicted molar refractivity (Wildman–Crippen MR) is 112 cm³/mol. The molecule has 4 rings (SSSR count).